The van der Waals surface area contributed by atoms with Crippen LogP contribution in [0.3, 0.4) is 0 Å². The first kappa shape index (κ1) is 19.6. The average Bonchev–Trinajstić information content (AvgIpc) is 2.58. The van der Waals surface area contributed by atoms with Gasteiger partial charge in [-0.25, -0.2) is 0 Å². The van der Waals surface area contributed by atoms with Gasteiger partial charge in [-0.3, -0.25) is 0 Å². The lowest BCUT2D eigenvalue weighted by Gasteiger charge is -2.42. The summed E-state index contributed by atoms with van der Waals surface area (Å²) >= 11 is 0. The summed E-state index contributed by atoms with van der Waals surface area (Å²) in [6, 6.07) is 16.3. The largest absolute Gasteiger partial charge is 0.485 e. The Morgan fingerprint density at radius 1 is 1.12 bits per heavy atom. The molecule has 2 aromatic rings. The number of ether oxygens (including phenoxy) is 1. The Hall–Kier alpha value is -1.75. The average molecular weight is 363 g/mol. The van der Waals surface area contributed by atoms with E-state index in [1.165, 1.54) is 5.56 Å². The maximum atomic E-state index is 10.8. The summed E-state index contributed by atoms with van der Waals surface area (Å²) in [6.45, 7) is 4.66. The molecule has 0 bridgehead atoms. The van der Waals surface area contributed by atoms with Crippen molar-refractivity contribution in [2.45, 2.75) is 38.0 Å². The molecule has 0 fully saturated rings. The Bertz CT molecular complexity index is 691. The molecule has 1 aliphatic rings. The Morgan fingerprint density at radius 3 is 2.52 bits per heavy atom. The normalized spacial score (nSPS) is 20.8. The highest BCUT2D eigenvalue weighted by atomic mass is 35.5. The molecule has 2 aromatic carbocycles. The Morgan fingerprint density at radius 2 is 1.84 bits per heavy atom. The summed E-state index contributed by atoms with van der Waals surface area (Å²) in [5.41, 5.74) is 2.67. The van der Waals surface area contributed by atoms with Crippen LogP contribution in [0, 0.1) is 0 Å². The monoisotopic (exact) mass is 362 g/mol. The minimum atomic E-state index is -0.635. The van der Waals surface area contributed by atoms with Crippen molar-refractivity contribution in [3.8, 4) is 5.75 Å². The molecule has 5 heteroatoms. The molecule has 25 heavy (non-hydrogen) atoms. The maximum absolute atomic E-state index is 10.8. The molecule has 4 nitrogen and oxygen atoms in total. The van der Waals surface area contributed by atoms with E-state index < -0.39 is 11.7 Å². The van der Waals surface area contributed by atoms with Crippen molar-refractivity contribution in [1.29, 1.82) is 0 Å². The van der Waals surface area contributed by atoms with Gasteiger partial charge in [0.2, 0.25) is 0 Å². The molecule has 3 N–H and O–H groups in total. The van der Waals surface area contributed by atoms with Gasteiger partial charge < -0.3 is 20.5 Å². The topological polar surface area (TPSA) is 53.5 Å². The SMILES string of the molecule is CNc1ccc2c(c1)OC(C)(C)[C@H](O)[C@H]2NCCc1ccccc1.Cl. The van der Waals surface area contributed by atoms with Gasteiger partial charge in [0.15, 0.2) is 0 Å². The Labute approximate surface area is 156 Å². The molecule has 1 aliphatic heterocycles. The van der Waals surface area contributed by atoms with E-state index in [1.807, 2.05) is 45.2 Å². The van der Waals surface area contributed by atoms with E-state index in [1.54, 1.807) is 0 Å². The van der Waals surface area contributed by atoms with Crippen molar-refractivity contribution in [3.05, 3.63) is 59.7 Å². The van der Waals surface area contributed by atoms with E-state index >= 15 is 0 Å². The van der Waals surface area contributed by atoms with Gasteiger partial charge >= 0.3 is 0 Å². The van der Waals surface area contributed by atoms with Crippen molar-refractivity contribution < 1.29 is 9.84 Å². The number of rotatable bonds is 5. The number of halogens is 1. The van der Waals surface area contributed by atoms with Crippen LogP contribution in [-0.4, -0.2) is 30.4 Å². The van der Waals surface area contributed by atoms with Crippen molar-refractivity contribution in [1.82, 2.24) is 5.32 Å². The fraction of sp³-hybridized carbons (Fsp3) is 0.400. The zero-order valence-corrected chi connectivity index (χ0v) is 15.8. The fourth-order valence-electron chi connectivity index (χ4n) is 3.19. The van der Waals surface area contributed by atoms with Gasteiger partial charge in [0.25, 0.3) is 0 Å². The van der Waals surface area contributed by atoms with E-state index in [0.29, 0.717) is 0 Å². The predicted molar refractivity (Wildman–Crippen MR) is 105 cm³/mol. The first-order valence-electron chi connectivity index (χ1n) is 8.47. The van der Waals surface area contributed by atoms with Crippen LogP contribution in [0.2, 0.25) is 0 Å². The Balaban J connectivity index is 0.00000225. The second-order valence-electron chi connectivity index (χ2n) is 6.82. The van der Waals surface area contributed by atoms with Crippen molar-refractivity contribution in [3.63, 3.8) is 0 Å². The summed E-state index contributed by atoms with van der Waals surface area (Å²) < 4.78 is 6.04. The molecule has 0 aromatic heterocycles. The van der Waals surface area contributed by atoms with Gasteiger partial charge in [-0.15, -0.1) is 12.4 Å². The van der Waals surface area contributed by atoms with Crippen molar-refractivity contribution in [2.24, 2.45) is 0 Å². The molecule has 0 amide bonds. The van der Waals surface area contributed by atoms with E-state index in [0.717, 1.165) is 30.0 Å². The second-order valence-corrected chi connectivity index (χ2v) is 6.82. The number of hydrogen-bond acceptors (Lipinski definition) is 4. The van der Waals surface area contributed by atoms with Gasteiger partial charge in [0.05, 0.1) is 6.04 Å². The molecule has 1 heterocycles. The molecule has 2 atom stereocenters. The van der Waals surface area contributed by atoms with Crippen LogP contribution in [0.15, 0.2) is 48.5 Å². The number of nitrogens with one attached hydrogen (secondary N) is 2. The molecule has 0 radical (unpaired) electrons. The standard InChI is InChI=1S/C20H26N2O2.ClH/c1-20(2)19(23)18(22-12-11-14-7-5-4-6-8-14)16-10-9-15(21-3)13-17(16)24-20;/h4-10,13,18-19,21-23H,11-12H2,1-3H3;1H/t18-,19+;/m0./s1. The van der Waals surface area contributed by atoms with Crippen molar-refractivity contribution in [2.75, 3.05) is 18.9 Å². The third-order valence-electron chi connectivity index (χ3n) is 4.66. The van der Waals surface area contributed by atoms with Crippen LogP contribution in [0.1, 0.15) is 31.0 Å². The highest BCUT2D eigenvalue weighted by molar-refractivity contribution is 5.85. The second kappa shape index (κ2) is 8.09. The maximum Gasteiger partial charge on any atom is 0.131 e. The number of hydrogen-bond donors (Lipinski definition) is 3. The van der Waals surface area contributed by atoms with E-state index in [4.69, 9.17) is 4.74 Å². The highest BCUT2D eigenvalue weighted by Crippen LogP contribution is 2.40. The molecule has 3 rings (SSSR count). The summed E-state index contributed by atoms with van der Waals surface area (Å²) in [6.07, 6.45) is 0.316. The molecule has 0 spiro atoms. The van der Waals surface area contributed by atoms with Gasteiger partial charge in [-0.05, 0) is 38.4 Å². The number of anilines is 1. The first-order valence-corrected chi connectivity index (χ1v) is 8.47. The van der Waals surface area contributed by atoms with Crippen LogP contribution in [0.25, 0.3) is 0 Å². The smallest absolute Gasteiger partial charge is 0.131 e. The zero-order valence-electron chi connectivity index (χ0n) is 15.0. The first-order chi connectivity index (χ1) is 11.5. The van der Waals surface area contributed by atoms with Crippen LogP contribution >= 0.6 is 12.4 Å². The quantitative estimate of drug-likeness (QED) is 0.761. The third kappa shape index (κ3) is 4.27. The summed E-state index contributed by atoms with van der Waals surface area (Å²) in [7, 11) is 1.89. The van der Waals surface area contributed by atoms with E-state index in [9.17, 15) is 5.11 Å². The lowest BCUT2D eigenvalue weighted by molar-refractivity contribution is -0.0643. The molecule has 136 valence electrons. The molecular formula is C20H27ClN2O2. The molecule has 0 saturated carbocycles. The number of benzene rings is 2. The number of fused-ring (bicyclic) bond motifs is 1. The summed E-state index contributed by atoms with van der Waals surface area (Å²) in [5, 5.41) is 17.4. The number of aliphatic hydroxyl groups is 1. The van der Waals surface area contributed by atoms with Gasteiger partial charge in [0.1, 0.15) is 17.5 Å². The van der Waals surface area contributed by atoms with Crippen LogP contribution in [0.5, 0.6) is 5.75 Å². The number of aliphatic hydroxyl groups excluding tert-OH is 1. The third-order valence-corrected chi connectivity index (χ3v) is 4.66. The van der Waals surface area contributed by atoms with Crippen molar-refractivity contribution >= 4 is 18.1 Å². The van der Waals surface area contributed by atoms with Crippen LogP contribution < -0.4 is 15.4 Å². The minimum Gasteiger partial charge on any atom is -0.485 e. The molecule has 0 saturated heterocycles. The zero-order chi connectivity index (χ0) is 17.2. The van der Waals surface area contributed by atoms with Crippen LogP contribution in [0.4, 0.5) is 5.69 Å². The van der Waals surface area contributed by atoms with E-state index in [-0.39, 0.29) is 18.4 Å². The minimum absolute atomic E-state index is 0. The van der Waals surface area contributed by atoms with Gasteiger partial charge in [-0.2, -0.15) is 0 Å². The van der Waals surface area contributed by atoms with Gasteiger partial charge in [0, 0.05) is 24.4 Å². The lowest BCUT2D eigenvalue weighted by atomic mass is 9.86. The van der Waals surface area contributed by atoms with Crippen LogP contribution in [-0.2, 0) is 6.42 Å². The van der Waals surface area contributed by atoms with E-state index in [2.05, 4.69) is 34.9 Å². The van der Waals surface area contributed by atoms with Gasteiger partial charge in [-0.1, -0.05) is 36.4 Å². The molecule has 0 aliphatic carbocycles. The predicted octanol–water partition coefficient (Wildman–Crippen LogP) is 3.56. The summed E-state index contributed by atoms with van der Waals surface area (Å²) in [5.74, 6) is 0.828. The molecule has 0 unspecified atom stereocenters. The molecular weight excluding hydrogens is 336 g/mol. The lowest BCUT2D eigenvalue weighted by Crippen LogP contribution is -2.52. The highest BCUT2D eigenvalue weighted by Gasteiger charge is 2.42. The summed E-state index contributed by atoms with van der Waals surface area (Å²) in [4.78, 5) is 0. The fourth-order valence-corrected chi connectivity index (χ4v) is 3.19. The Kier molecular flexibility index (Phi) is 6.33.